The van der Waals surface area contributed by atoms with Crippen molar-refractivity contribution in [3.8, 4) is 0 Å². The van der Waals surface area contributed by atoms with Gasteiger partial charge in [-0.1, -0.05) is 19.3 Å². The van der Waals surface area contributed by atoms with Gasteiger partial charge < -0.3 is 15.3 Å². The van der Waals surface area contributed by atoms with Crippen LogP contribution in [0.5, 0.6) is 0 Å². The van der Waals surface area contributed by atoms with Crippen LogP contribution < -0.4 is 5.32 Å². The average molecular weight is 228 g/mol. The Morgan fingerprint density at radius 3 is 2.31 bits per heavy atom. The molecular weight excluding hydrogens is 204 g/mol. The van der Waals surface area contributed by atoms with Crippen molar-refractivity contribution in [1.29, 1.82) is 0 Å². The lowest BCUT2D eigenvalue weighted by Gasteiger charge is -2.33. The maximum Gasteiger partial charge on any atom is 0.317 e. The first-order chi connectivity index (χ1) is 7.61. The highest BCUT2D eigenvalue weighted by molar-refractivity contribution is 5.74. The number of hydrogen-bond donors (Lipinski definition) is 2. The van der Waals surface area contributed by atoms with Gasteiger partial charge in [-0.2, -0.15) is 0 Å². The van der Waals surface area contributed by atoms with E-state index in [4.69, 9.17) is 0 Å². The quantitative estimate of drug-likeness (QED) is 0.770. The number of urea groups is 1. The zero-order valence-corrected chi connectivity index (χ0v) is 10.5. The van der Waals surface area contributed by atoms with Crippen molar-refractivity contribution in [1.82, 2.24) is 10.2 Å². The molecule has 1 rings (SSSR count). The number of carbonyl (C=O) groups excluding carboxylic acids is 1. The van der Waals surface area contributed by atoms with E-state index < -0.39 is 5.60 Å². The molecule has 94 valence electrons. The van der Waals surface area contributed by atoms with Crippen LogP contribution in [0.2, 0.25) is 0 Å². The molecule has 1 fully saturated rings. The molecule has 4 heteroatoms. The maximum absolute atomic E-state index is 11.7. The molecule has 0 radical (unpaired) electrons. The fraction of sp³-hybridized carbons (Fsp3) is 0.917. The number of carbonyl (C=O) groups is 1. The fourth-order valence-corrected chi connectivity index (χ4v) is 2.25. The molecule has 0 aliphatic heterocycles. The van der Waals surface area contributed by atoms with Gasteiger partial charge in [0.25, 0.3) is 0 Å². The monoisotopic (exact) mass is 228 g/mol. The van der Waals surface area contributed by atoms with Crippen LogP contribution >= 0.6 is 0 Å². The van der Waals surface area contributed by atoms with Crippen LogP contribution in [0.1, 0.15) is 46.0 Å². The fourth-order valence-electron chi connectivity index (χ4n) is 2.25. The summed E-state index contributed by atoms with van der Waals surface area (Å²) in [7, 11) is 0. The first-order valence-electron chi connectivity index (χ1n) is 6.36. The summed E-state index contributed by atoms with van der Waals surface area (Å²) in [5.41, 5.74) is -0.666. The highest BCUT2D eigenvalue weighted by Crippen LogP contribution is 2.27. The number of hydrogen-bond acceptors (Lipinski definition) is 2. The van der Waals surface area contributed by atoms with Crippen molar-refractivity contribution >= 4 is 6.03 Å². The molecule has 1 aliphatic rings. The van der Waals surface area contributed by atoms with Crippen LogP contribution in [0.3, 0.4) is 0 Å². The molecular formula is C12H24N2O2. The van der Waals surface area contributed by atoms with Crippen LogP contribution in [0.15, 0.2) is 0 Å². The standard InChI is InChI=1S/C12H24N2O2/c1-3-14(4-2)11(15)13-10-12(16)8-6-5-7-9-12/h16H,3-10H2,1-2H3,(H,13,15). The van der Waals surface area contributed by atoms with Crippen molar-refractivity contribution < 1.29 is 9.90 Å². The minimum absolute atomic E-state index is 0.0657. The molecule has 1 aliphatic carbocycles. The second-order valence-corrected chi connectivity index (χ2v) is 4.62. The third kappa shape index (κ3) is 3.67. The van der Waals surface area contributed by atoms with E-state index >= 15 is 0 Å². The Labute approximate surface area is 98.0 Å². The van der Waals surface area contributed by atoms with Gasteiger partial charge in [-0.3, -0.25) is 0 Å². The summed E-state index contributed by atoms with van der Waals surface area (Å²) in [6.07, 6.45) is 4.96. The molecule has 0 atom stereocenters. The summed E-state index contributed by atoms with van der Waals surface area (Å²) in [5.74, 6) is 0. The number of nitrogens with one attached hydrogen (secondary N) is 1. The Kier molecular flexibility index (Phi) is 5.06. The van der Waals surface area contributed by atoms with Crippen LogP contribution in [0, 0.1) is 0 Å². The van der Waals surface area contributed by atoms with Crippen LogP contribution in [-0.2, 0) is 0 Å². The molecule has 2 amide bonds. The summed E-state index contributed by atoms with van der Waals surface area (Å²) in [6.45, 7) is 5.72. The second-order valence-electron chi connectivity index (χ2n) is 4.62. The Bertz CT molecular complexity index is 221. The molecule has 2 N–H and O–H groups in total. The van der Waals surface area contributed by atoms with Gasteiger partial charge in [0.05, 0.1) is 5.60 Å². The molecule has 0 aromatic heterocycles. The summed E-state index contributed by atoms with van der Waals surface area (Å²) in [4.78, 5) is 13.4. The molecule has 1 saturated carbocycles. The smallest absolute Gasteiger partial charge is 0.317 e. The Balaban J connectivity index is 2.35. The zero-order valence-electron chi connectivity index (χ0n) is 10.5. The van der Waals surface area contributed by atoms with Crippen molar-refractivity contribution in [3.63, 3.8) is 0 Å². The van der Waals surface area contributed by atoms with Crippen molar-refractivity contribution in [2.75, 3.05) is 19.6 Å². The zero-order chi connectivity index (χ0) is 12.0. The molecule has 16 heavy (non-hydrogen) atoms. The predicted octanol–water partition coefficient (Wildman–Crippen LogP) is 1.73. The van der Waals surface area contributed by atoms with Crippen LogP contribution in [0.25, 0.3) is 0 Å². The molecule has 0 spiro atoms. The van der Waals surface area contributed by atoms with Crippen LogP contribution in [0.4, 0.5) is 4.79 Å². The highest BCUT2D eigenvalue weighted by Gasteiger charge is 2.29. The summed E-state index contributed by atoms with van der Waals surface area (Å²) >= 11 is 0. The van der Waals surface area contributed by atoms with E-state index in [0.29, 0.717) is 19.6 Å². The van der Waals surface area contributed by atoms with Crippen molar-refractivity contribution in [2.45, 2.75) is 51.6 Å². The lowest BCUT2D eigenvalue weighted by molar-refractivity contribution is 0.00627. The summed E-state index contributed by atoms with van der Waals surface area (Å²) in [5, 5.41) is 13.0. The lowest BCUT2D eigenvalue weighted by atomic mass is 9.85. The van der Waals surface area contributed by atoms with Crippen molar-refractivity contribution in [2.24, 2.45) is 0 Å². The van der Waals surface area contributed by atoms with Crippen molar-refractivity contribution in [3.05, 3.63) is 0 Å². The molecule has 0 aromatic rings. The van der Waals surface area contributed by atoms with Gasteiger partial charge in [0.15, 0.2) is 0 Å². The van der Waals surface area contributed by atoms with Gasteiger partial charge in [-0.15, -0.1) is 0 Å². The van der Waals surface area contributed by atoms with E-state index in [0.717, 1.165) is 25.7 Å². The van der Waals surface area contributed by atoms with Gasteiger partial charge in [-0.05, 0) is 26.7 Å². The third-order valence-corrected chi connectivity index (χ3v) is 3.40. The van der Waals surface area contributed by atoms with E-state index in [2.05, 4.69) is 5.32 Å². The first-order valence-corrected chi connectivity index (χ1v) is 6.36. The molecule has 0 unspecified atom stereocenters. The minimum Gasteiger partial charge on any atom is -0.388 e. The number of rotatable bonds is 4. The number of aliphatic hydroxyl groups is 1. The normalized spacial score (nSPS) is 19.2. The Morgan fingerprint density at radius 2 is 1.81 bits per heavy atom. The third-order valence-electron chi connectivity index (χ3n) is 3.40. The molecule has 0 saturated heterocycles. The predicted molar refractivity (Wildman–Crippen MR) is 64.4 cm³/mol. The maximum atomic E-state index is 11.7. The van der Waals surface area contributed by atoms with Gasteiger partial charge >= 0.3 is 6.03 Å². The molecule has 0 heterocycles. The Hall–Kier alpha value is -0.770. The van der Waals surface area contributed by atoms with Crippen LogP contribution in [-0.4, -0.2) is 41.3 Å². The van der Waals surface area contributed by atoms with Gasteiger partial charge in [0, 0.05) is 19.6 Å². The van der Waals surface area contributed by atoms with E-state index in [-0.39, 0.29) is 6.03 Å². The first kappa shape index (κ1) is 13.3. The number of amides is 2. The summed E-state index contributed by atoms with van der Waals surface area (Å²) < 4.78 is 0. The van der Waals surface area contributed by atoms with Gasteiger partial charge in [-0.25, -0.2) is 4.79 Å². The van der Waals surface area contributed by atoms with Gasteiger partial charge in [0.2, 0.25) is 0 Å². The lowest BCUT2D eigenvalue weighted by Crippen LogP contribution is -2.48. The molecule has 0 bridgehead atoms. The summed E-state index contributed by atoms with van der Waals surface area (Å²) in [6, 6.07) is -0.0657. The van der Waals surface area contributed by atoms with E-state index in [1.807, 2.05) is 13.8 Å². The Morgan fingerprint density at radius 1 is 1.25 bits per heavy atom. The highest BCUT2D eigenvalue weighted by atomic mass is 16.3. The average Bonchev–Trinajstić information content (AvgIpc) is 2.29. The molecule has 0 aromatic carbocycles. The number of nitrogens with zero attached hydrogens (tertiary/aromatic N) is 1. The van der Waals surface area contributed by atoms with E-state index in [1.54, 1.807) is 4.90 Å². The largest absolute Gasteiger partial charge is 0.388 e. The second kappa shape index (κ2) is 6.09. The SMILES string of the molecule is CCN(CC)C(=O)NCC1(O)CCCCC1. The topological polar surface area (TPSA) is 52.6 Å². The van der Waals surface area contributed by atoms with E-state index in [1.165, 1.54) is 6.42 Å². The minimum atomic E-state index is -0.666. The van der Waals surface area contributed by atoms with E-state index in [9.17, 15) is 9.90 Å². The molecule has 4 nitrogen and oxygen atoms in total. The van der Waals surface area contributed by atoms with Gasteiger partial charge in [0.1, 0.15) is 0 Å².